The van der Waals surface area contributed by atoms with Gasteiger partial charge in [-0.3, -0.25) is 9.88 Å². The highest BCUT2D eigenvalue weighted by Gasteiger charge is 2.46. The van der Waals surface area contributed by atoms with Gasteiger partial charge in [-0.05, 0) is 62.7 Å². The van der Waals surface area contributed by atoms with Crippen LogP contribution in [0.15, 0.2) is 30.7 Å². The van der Waals surface area contributed by atoms with Gasteiger partial charge in [0.2, 0.25) is 0 Å². The van der Waals surface area contributed by atoms with Gasteiger partial charge in [0.15, 0.2) is 0 Å². The average molecular weight is 619 g/mol. The molecule has 1 aliphatic carbocycles. The van der Waals surface area contributed by atoms with Crippen molar-refractivity contribution < 1.29 is 59.3 Å². The second-order valence-electron chi connectivity index (χ2n) is 9.68. The van der Waals surface area contributed by atoms with Crippen molar-refractivity contribution in [1.29, 1.82) is 0 Å². The quantitative estimate of drug-likeness (QED) is 0.390. The first-order valence-electron chi connectivity index (χ1n) is 12.1. The summed E-state index contributed by atoms with van der Waals surface area (Å²) >= 11 is 0. The fraction of sp³-hybridized carbons (Fsp3) is 0.542. The van der Waals surface area contributed by atoms with E-state index in [4.69, 9.17) is 19.8 Å². The third kappa shape index (κ3) is 10.6. The normalized spacial score (nSPS) is 17.2. The van der Waals surface area contributed by atoms with Crippen molar-refractivity contribution >= 4 is 17.8 Å². The molecule has 3 N–H and O–H groups in total. The summed E-state index contributed by atoms with van der Waals surface area (Å²) < 4.78 is 102. The van der Waals surface area contributed by atoms with E-state index in [2.05, 4.69) is 38.2 Å². The van der Waals surface area contributed by atoms with Crippen molar-refractivity contribution in [3.8, 4) is 0 Å². The number of aromatic nitrogens is 3. The maximum Gasteiger partial charge on any atom is 0.490 e. The molecule has 2 fully saturated rings. The van der Waals surface area contributed by atoms with Crippen molar-refractivity contribution in [3.05, 3.63) is 47.7 Å². The van der Waals surface area contributed by atoms with E-state index in [1.165, 1.54) is 5.56 Å². The van der Waals surface area contributed by atoms with Gasteiger partial charge in [-0.2, -0.15) is 39.5 Å². The van der Waals surface area contributed by atoms with E-state index in [9.17, 15) is 39.5 Å². The number of anilines is 1. The van der Waals surface area contributed by atoms with Gasteiger partial charge >= 0.3 is 30.5 Å². The highest BCUT2D eigenvalue weighted by molar-refractivity contribution is 5.73. The lowest BCUT2D eigenvalue weighted by molar-refractivity contribution is -0.193. The van der Waals surface area contributed by atoms with Crippen LogP contribution in [-0.4, -0.2) is 73.5 Å². The minimum Gasteiger partial charge on any atom is -0.475 e. The summed E-state index contributed by atoms with van der Waals surface area (Å²) in [6.45, 7) is 5.04. The van der Waals surface area contributed by atoms with E-state index in [0.29, 0.717) is 5.41 Å². The summed E-state index contributed by atoms with van der Waals surface area (Å²) in [4.78, 5) is 32.0. The van der Waals surface area contributed by atoms with E-state index in [1.54, 1.807) is 0 Å². The number of aliphatic carboxylic acids is 2. The fourth-order valence-corrected chi connectivity index (χ4v) is 4.38. The average Bonchev–Trinajstić information content (AvgIpc) is 2.85. The number of pyridine rings is 1. The zero-order valence-electron chi connectivity index (χ0n) is 21.8. The first-order valence-corrected chi connectivity index (χ1v) is 12.1. The Morgan fingerprint density at radius 3 is 1.93 bits per heavy atom. The molecule has 0 aromatic carbocycles. The van der Waals surface area contributed by atoms with Gasteiger partial charge in [0.05, 0.1) is 5.69 Å². The molecule has 0 unspecified atom stereocenters. The molecular formula is C24H26F9N5O4. The number of hydrogen-bond donors (Lipinski definition) is 3. The minimum absolute atomic E-state index is 0.181. The van der Waals surface area contributed by atoms with Crippen LogP contribution in [0.25, 0.3) is 0 Å². The summed E-state index contributed by atoms with van der Waals surface area (Å²) in [5.74, 6) is -5.26. The third-order valence-electron chi connectivity index (χ3n) is 6.56. The molecule has 4 rings (SSSR count). The first kappa shape index (κ1) is 34.5. The van der Waals surface area contributed by atoms with E-state index in [-0.39, 0.29) is 11.9 Å². The highest BCUT2D eigenvalue weighted by Crippen LogP contribution is 2.50. The van der Waals surface area contributed by atoms with Crippen LogP contribution in [0.4, 0.5) is 45.3 Å². The SMILES string of the molecule is Cc1cccnc1CN1CCC2(CC1)CC(Nc1cc(C(F)(F)F)ncn1)C2.O=C(O)C(F)(F)F.O=C(O)C(F)(F)F. The van der Waals surface area contributed by atoms with E-state index in [0.717, 1.165) is 63.4 Å². The number of piperidine rings is 1. The number of aryl methyl sites for hydroxylation is 1. The smallest absolute Gasteiger partial charge is 0.475 e. The predicted molar refractivity (Wildman–Crippen MR) is 127 cm³/mol. The summed E-state index contributed by atoms with van der Waals surface area (Å²) in [5, 5.41) is 17.4. The minimum atomic E-state index is -5.08. The van der Waals surface area contributed by atoms with Crippen LogP contribution >= 0.6 is 0 Å². The van der Waals surface area contributed by atoms with Gasteiger partial charge in [0.25, 0.3) is 0 Å². The Labute approximate surface area is 232 Å². The number of rotatable bonds is 4. The van der Waals surface area contributed by atoms with Crippen molar-refractivity contribution in [2.75, 3.05) is 18.4 Å². The van der Waals surface area contributed by atoms with Crippen LogP contribution in [0.1, 0.15) is 42.6 Å². The second-order valence-corrected chi connectivity index (χ2v) is 9.68. The lowest BCUT2D eigenvalue weighted by Gasteiger charge is -2.52. The van der Waals surface area contributed by atoms with Crippen LogP contribution in [0.5, 0.6) is 0 Å². The molecule has 0 bridgehead atoms. The molecule has 18 heteroatoms. The number of nitrogens with zero attached hydrogens (tertiary/aromatic N) is 4. The molecule has 3 heterocycles. The molecule has 9 nitrogen and oxygen atoms in total. The Hall–Kier alpha value is -3.70. The van der Waals surface area contributed by atoms with Crippen molar-refractivity contribution in [1.82, 2.24) is 19.9 Å². The largest absolute Gasteiger partial charge is 0.490 e. The van der Waals surface area contributed by atoms with E-state index in [1.807, 2.05) is 12.3 Å². The van der Waals surface area contributed by atoms with Crippen molar-refractivity contribution in [2.45, 2.75) is 63.7 Å². The summed E-state index contributed by atoms with van der Waals surface area (Å²) in [6.07, 6.45) is -7.60. The molecule has 1 aliphatic heterocycles. The number of alkyl halides is 9. The molecular weight excluding hydrogens is 593 g/mol. The number of likely N-dealkylation sites (tertiary alicyclic amines) is 1. The van der Waals surface area contributed by atoms with Gasteiger partial charge in [0.1, 0.15) is 17.8 Å². The Morgan fingerprint density at radius 1 is 0.952 bits per heavy atom. The first-order chi connectivity index (χ1) is 19.2. The highest BCUT2D eigenvalue weighted by atomic mass is 19.4. The Bertz CT molecular complexity index is 1180. The Morgan fingerprint density at radius 2 is 1.48 bits per heavy atom. The van der Waals surface area contributed by atoms with Crippen LogP contribution in [0.3, 0.4) is 0 Å². The van der Waals surface area contributed by atoms with Crippen LogP contribution in [-0.2, 0) is 22.3 Å². The molecule has 42 heavy (non-hydrogen) atoms. The van der Waals surface area contributed by atoms with Gasteiger partial charge < -0.3 is 15.5 Å². The zero-order chi connectivity index (χ0) is 31.9. The monoisotopic (exact) mass is 619 g/mol. The van der Waals surface area contributed by atoms with E-state index >= 15 is 0 Å². The lowest BCUT2D eigenvalue weighted by Crippen LogP contribution is -2.51. The van der Waals surface area contributed by atoms with Crippen molar-refractivity contribution in [3.63, 3.8) is 0 Å². The molecule has 1 spiro atoms. The summed E-state index contributed by atoms with van der Waals surface area (Å²) in [6, 6.07) is 5.22. The maximum atomic E-state index is 12.8. The zero-order valence-corrected chi connectivity index (χ0v) is 21.8. The standard InChI is InChI=1S/C20H24F3N5.2C2HF3O2/c1-14-3-2-6-24-16(14)12-28-7-4-19(5-8-28)10-15(11-19)27-18-9-17(20(21,22)23)25-13-26-18;2*3-2(4,5)1(6)7/h2-3,6,9,13,15H,4-5,7-8,10-12H2,1H3,(H,25,26,27);2*(H,6,7). The number of hydrogen-bond acceptors (Lipinski definition) is 7. The number of nitrogens with one attached hydrogen (secondary N) is 1. The van der Waals surface area contributed by atoms with Gasteiger partial charge in [0, 0.05) is 24.8 Å². The number of halogens is 9. The molecule has 1 saturated heterocycles. The molecule has 2 aromatic heterocycles. The number of carbonyl (C=O) groups is 2. The van der Waals surface area contributed by atoms with Gasteiger partial charge in [-0.1, -0.05) is 6.07 Å². The lowest BCUT2D eigenvalue weighted by atomic mass is 9.60. The summed E-state index contributed by atoms with van der Waals surface area (Å²) in [7, 11) is 0. The Balaban J connectivity index is 0.000000367. The third-order valence-corrected chi connectivity index (χ3v) is 6.56. The van der Waals surface area contributed by atoms with Crippen molar-refractivity contribution in [2.24, 2.45) is 5.41 Å². The van der Waals surface area contributed by atoms with Crippen LogP contribution in [0.2, 0.25) is 0 Å². The summed E-state index contributed by atoms with van der Waals surface area (Å²) in [5.41, 5.74) is 1.76. The molecule has 0 amide bonds. The molecule has 0 atom stereocenters. The molecule has 0 radical (unpaired) electrons. The molecule has 2 aromatic rings. The fourth-order valence-electron chi connectivity index (χ4n) is 4.38. The maximum absolute atomic E-state index is 12.8. The molecule has 234 valence electrons. The van der Waals surface area contributed by atoms with Crippen LogP contribution < -0.4 is 5.32 Å². The second kappa shape index (κ2) is 13.5. The Kier molecular flexibility index (Phi) is 11.1. The topological polar surface area (TPSA) is 129 Å². The molecule has 1 saturated carbocycles. The number of carboxylic acids is 2. The van der Waals surface area contributed by atoms with Crippen LogP contribution in [0, 0.1) is 12.3 Å². The predicted octanol–water partition coefficient (Wildman–Crippen LogP) is 5.32. The van der Waals surface area contributed by atoms with Gasteiger partial charge in [-0.15, -0.1) is 0 Å². The van der Waals surface area contributed by atoms with Gasteiger partial charge in [-0.25, -0.2) is 19.6 Å². The molecule has 2 aliphatic rings. The number of carboxylic acid groups (broad SMARTS) is 2. The van der Waals surface area contributed by atoms with E-state index < -0.39 is 36.2 Å².